The molecule has 1 amide bonds. The topological polar surface area (TPSA) is 91.3 Å². The summed E-state index contributed by atoms with van der Waals surface area (Å²) in [6.45, 7) is 4.40. The average molecular weight is 427 g/mol. The number of piperidine rings is 1. The van der Waals surface area contributed by atoms with Gasteiger partial charge in [-0.05, 0) is 49.1 Å². The molecule has 1 saturated heterocycles. The van der Waals surface area contributed by atoms with E-state index in [9.17, 15) is 15.0 Å². The SMILES string of the molecule is CCOc1ccc(CN2CC[C@@H](Oc3ccc4c(c3)NC(=O)CC4)[C@H](O)C2)cc1CO. The summed E-state index contributed by atoms with van der Waals surface area (Å²) in [6.07, 6.45) is 1.06. The Morgan fingerprint density at radius 2 is 2.06 bits per heavy atom. The number of benzene rings is 2. The standard InChI is InChI=1S/C24H30N2O5/c1-2-30-22-7-3-16(11-18(22)15-27)13-26-10-9-23(21(28)14-26)31-19-6-4-17-5-8-24(29)25-20(17)12-19/h3-4,6-7,11-12,21,23,27-28H,2,5,8-10,13-15H2,1H3,(H,25,29)/t21-,23-/m1/s1. The number of rotatable bonds is 7. The number of carbonyl (C=O) groups is 1. The van der Waals surface area contributed by atoms with Gasteiger partial charge in [-0.1, -0.05) is 12.1 Å². The maximum absolute atomic E-state index is 11.6. The predicted octanol–water partition coefficient (Wildman–Crippen LogP) is 2.48. The third-order valence-electron chi connectivity index (χ3n) is 5.87. The number of aryl methyl sites for hydroxylation is 1. The van der Waals surface area contributed by atoms with Crippen LogP contribution in [0, 0.1) is 0 Å². The molecule has 2 atom stereocenters. The summed E-state index contributed by atoms with van der Waals surface area (Å²) in [6, 6.07) is 11.6. The van der Waals surface area contributed by atoms with Crippen LogP contribution in [0.5, 0.6) is 11.5 Å². The number of nitrogens with one attached hydrogen (secondary N) is 1. The van der Waals surface area contributed by atoms with Crippen LogP contribution in [0.15, 0.2) is 36.4 Å². The highest BCUT2D eigenvalue weighted by molar-refractivity contribution is 5.94. The van der Waals surface area contributed by atoms with Crippen LogP contribution in [0.1, 0.15) is 36.5 Å². The van der Waals surface area contributed by atoms with Crippen molar-refractivity contribution in [1.29, 1.82) is 0 Å². The molecule has 1 fully saturated rings. The van der Waals surface area contributed by atoms with Gasteiger partial charge >= 0.3 is 0 Å². The number of carbonyl (C=O) groups excluding carboxylic acids is 1. The zero-order valence-electron chi connectivity index (χ0n) is 17.8. The second-order valence-electron chi connectivity index (χ2n) is 8.15. The summed E-state index contributed by atoms with van der Waals surface area (Å²) >= 11 is 0. The normalized spacial score (nSPS) is 21.3. The van der Waals surface area contributed by atoms with E-state index in [1.807, 2.05) is 43.3 Å². The van der Waals surface area contributed by atoms with Crippen LogP contribution in [0.4, 0.5) is 5.69 Å². The largest absolute Gasteiger partial charge is 0.494 e. The van der Waals surface area contributed by atoms with Crippen LogP contribution in [0.2, 0.25) is 0 Å². The Kier molecular flexibility index (Phi) is 6.75. The molecule has 7 heteroatoms. The van der Waals surface area contributed by atoms with E-state index in [-0.39, 0.29) is 18.6 Å². The van der Waals surface area contributed by atoms with Gasteiger partial charge in [0.1, 0.15) is 23.7 Å². The Bertz CT molecular complexity index is 932. The molecule has 166 valence electrons. The van der Waals surface area contributed by atoms with Gasteiger partial charge in [-0.3, -0.25) is 9.69 Å². The quantitative estimate of drug-likeness (QED) is 0.630. The van der Waals surface area contributed by atoms with Gasteiger partial charge < -0.3 is 25.0 Å². The maximum atomic E-state index is 11.6. The molecule has 0 aromatic heterocycles. The van der Waals surface area contributed by atoms with E-state index in [2.05, 4.69) is 10.2 Å². The van der Waals surface area contributed by atoms with Crippen molar-refractivity contribution in [1.82, 2.24) is 4.90 Å². The molecule has 2 aliphatic heterocycles. The van der Waals surface area contributed by atoms with Crippen LogP contribution in [0.3, 0.4) is 0 Å². The first-order chi connectivity index (χ1) is 15.1. The van der Waals surface area contributed by atoms with E-state index in [4.69, 9.17) is 9.47 Å². The number of β-amino-alcohol motifs (C(OH)–C–C–N with tert-alkyl or cyclic N) is 1. The average Bonchev–Trinajstić information content (AvgIpc) is 2.76. The van der Waals surface area contributed by atoms with Gasteiger partial charge in [-0.2, -0.15) is 0 Å². The molecule has 7 nitrogen and oxygen atoms in total. The summed E-state index contributed by atoms with van der Waals surface area (Å²) < 4.78 is 11.6. The van der Waals surface area contributed by atoms with Gasteiger partial charge in [0.05, 0.1) is 13.2 Å². The number of nitrogens with zero attached hydrogens (tertiary/aromatic N) is 1. The van der Waals surface area contributed by atoms with Gasteiger partial charge in [0.25, 0.3) is 0 Å². The van der Waals surface area contributed by atoms with Crippen LogP contribution in [0.25, 0.3) is 0 Å². The number of fused-ring (bicyclic) bond motifs is 1. The van der Waals surface area contributed by atoms with Gasteiger partial charge in [0.2, 0.25) is 5.91 Å². The van der Waals surface area contributed by atoms with E-state index >= 15 is 0 Å². The van der Waals surface area contributed by atoms with Crippen LogP contribution >= 0.6 is 0 Å². The van der Waals surface area contributed by atoms with Crippen LogP contribution in [-0.2, 0) is 24.4 Å². The highest BCUT2D eigenvalue weighted by Gasteiger charge is 2.29. The number of aliphatic hydroxyl groups is 2. The van der Waals surface area contributed by atoms with Crippen molar-refractivity contribution in [2.24, 2.45) is 0 Å². The number of hydrogen-bond acceptors (Lipinski definition) is 6. The zero-order chi connectivity index (χ0) is 21.8. The second-order valence-corrected chi connectivity index (χ2v) is 8.15. The van der Waals surface area contributed by atoms with E-state index in [0.717, 1.165) is 35.3 Å². The van der Waals surface area contributed by atoms with E-state index in [1.165, 1.54) is 0 Å². The second kappa shape index (κ2) is 9.68. The molecule has 0 aliphatic carbocycles. The minimum atomic E-state index is -0.612. The minimum Gasteiger partial charge on any atom is -0.494 e. The molecule has 0 bridgehead atoms. The van der Waals surface area contributed by atoms with E-state index < -0.39 is 6.10 Å². The van der Waals surface area contributed by atoms with E-state index in [1.54, 1.807) is 0 Å². The number of amides is 1. The van der Waals surface area contributed by atoms with Gasteiger partial charge in [0, 0.05) is 43.4 Å². The van der Waals surface area contributed by atoms with Crippen molar-refractivity contribution in [2.45, 2.75) is 51.5 Å². The summed E-state index contributed by atoms with van der Waals surface area (Å²) in [5.74, 6) is 1.40. The first-order valence-electron chi connectivity index (χ1n) is 10.9. The molecule has 2 aliphatic rings. The zero-order valence-corrected chi connectivity index (χ0v) is 17.8. The first kappa shape index (κ1) is 21.6. The van der Waals surface area contributed by atoms with Crippen molar-refractivity contribution in [3.63, 3.8) is 0 Å². The molecule has 31 heavy (non-hydrogen) atoms. The van der Waals surface area contributed by atoms with Crippen molar-refractivity contribution >= 4 is 11.6 Å². The number of ether oxygens (including phenoxy) is 2. The molecule has 3 N–H and O–H groups in total. The molecule has 2 heterocycles. The fourth-order valence-electron chi connectivity index (χ4n) is 4.26. The van der Waals surface area contributed by atoms with Gasteiger partial charge in [0.15, 0.2) is 0 Å². The lowest BCUT2D eigenvalue weighted by molar-refractivity contribution is -0.116. The number of anilines is 1. The Labute approximate surface area is 182 Å². The Hall–Kier alpha value is -2.61. The summed E-state index contributed by atoms with van der Waals surface area (Å²) in [7, 11) is 0. The lowest BCUT2D eigenvalue weighted by Gasteiger charge is -2.36. The van der Waals surface area contributed by atoms with E-state index in [0.29, 0.717) is 44.0 Å². The maximum Gasteiger partial charge on any atom is 0.224 e. The van der Waals surface area contributed by atoms with Crippen molar-refractivity contribution in [2.75, 3.05) is 25.0 Å². The summed E-state index contributed by atoms with van der Waals surface area (Å²) in [4.78, 5) is 13.8. The third kappa shape index (κ3) is 5.18. The van der Waals surface area contributed by atoms with Crippen molar-refractivity contribution < 1.29 is 24.5 Å². The molecule has 4 rings (SSSR count). The Balaban J connectivity index is 1.35. The lowest BCUT2D eigenvalue weighted by Crippen LogP contribution is -2.48. The van der Waals surface area contributed by atoms with Gasteiger partial charge in [-0.25, -0.2) is 0 Å². The fraction of sp³-hybridized carbons (Fsp3) is 0.458. The first-order valence-corrected chi connectivity index (χ1v) is 10.9. The number of hydrogen-bond donors (Lipinski definition) is 3. The lowest BCUT2D eigenvalue weighted by atomic mass is 10.0. The summed E-state index contributed by atoms with van der Waals surface area (Å²) in [5, 5.41) is 23.2. The highest BCUT2D eigenvalue weighted by atomic mass is 16.5. The Morgan fingerprint density at radius 3 is 2.84 bits per heavy atom. The predicted molar refractivity (Wildman–Crippen MR) is 117 cm³/mol. The third-order valence-corrected chi connectivity index (χ3v) is 5.87. The summed E-state index contributed by atoms with van der Waals surface area (Å²) in [5.41, 5.74) is 3.76. The molecular formula is C24H30N2O5. The van der Waals surface area contributed by atoms with Crippen molar-refractivity contribution in [3.8, 4) is 11.5 Å². The molecular weight excluding hydrogens is 396 g/mol. The Morgan fingerprint density at radius 1 is 1.19 bits per heavy atom. The molecule has 2 aromatic carbocycles. The fourth-order valence-corrected chi connectivity index (χ4v) is 4.26. The molecule has 0 radical (unpaired) electrons. The number of aliphatic hydroxyl groups excluding tert-OH is 2. The molecule has 2 aromatic rings. The molecule has 0 saturated carbocycles. The van der Waals surface area contributed by atoms with Crippen molar-refractivity contribution in [3.05, 3.63) is 53.1 Å². The smallest absolute Gasteiger partial charge is 0.224 e. The van der Waals surface area contributed by atoms with Crippen LogP contribution < -0.4 is 14.8 Å². The minimum absolute atomic E-state index is 0.0247. The highest BCUT2D eigenvalue weighted by Crippen LogP contribution is 2.29. The monoisotopic (exact) mass is 426 g/mol. The molecule has 0 spiro atoms. The number of likely N-dealkylation sites (tertiary alicyclic amines) is 1. The molecule has 0 unspecified atom stereocenters. The van der Waals surface area contributed by atoms with Gasteiger partial charge in [-0.15, -0.1) is 0 Å². The van der Waals surface area contributed by atoms with Crippen LogP contribution in [-0.4, -0.2) is 52.9 Å².